The predicted molar refractivity (Wildman–Crippen MR) is 101 cm³/mol. The molecule has 0 aliphatic heterocycles. The smallest absolute Gasteiger partial charge is 0.199 e. The second-order valence-corrected chi connectivity index (χ2v) is 6.38. The van der Waals surface area contributed by atoms with Crippen LogP contribution < -0.4 is 0 Å². The van der Waals surface area contributed by atoms with Gasteiger partial charge in [0.1, 0.15) is 0 Å². The minimum atomic E-state index is 0.605. The topological polar surface area (TPSA) is 56.7 Å². The van der Waals surface area contributed by atoms with Gasteiger partial charge in [-0.3, -0.25) is 4.57 Å². The van der Waals surface area contributed by atoms with E-state index in [0.29, 0.717) is 17.2 Å². The first-order valence-corrected chi connectivity index (χ1v) is 8.47. The van der Waals surface area contributed by atoms with E-state index < -0.39 is 0 Å². The van der Waals surface area contributed by atoms with Gasteiger partial charge in [0.05, 0.1) is 17.3 Å². The van der Waals surface area contributed by atoms with E-state index in [9.17, 15) is 0 Å². The van der Waals surface area contributed by atoms with Crippen molar-refractivity contribution in [3.8, 4) is 17.3 Å². The maximum atomic E-state index is 5.62. The van der Waals surface area contributed by atoms with Gasteiger partial charge in [-0.2, -0.15) is 0 Å². The maximum absolute atomic E-state index is 5.62. The van der Waals surface area contributed by atoms with Crippen molar-refractivity contribution >= 4 is 22.3 Å². The van der Waals surface area contributed by atoms with Gasteiger partial charge < -0.3 is 4.42 Å². The molecule has 0 amide bonds. The number of benzene rings is 2. The normalized spacial score (nSPS) is 11.5. The molecule has 126 valence electrons. The predicted octanol–water partition coefficient (Wildman–Crippen LogP) is 4.85. The first-order valence-electron chi connectivity index (χ1n) is 8.47. The lowest BCUT2D eigenvalue weighted by Crippen LogP contribution is -2.00. The first-order chi connectivity index (χ1) is 12.7. The van der Waals surface area contributed by atoms with Gasteiger partial charge in [0.15, 0.2) is 22.9 Å². The van der Waals surface area contributed by atoms with E-state index in [1.807, 2.05) is 41.0 Å². The average molecular weight is 340 g/mol. The molecule has 0 saturated carbocycles. The number of para-hydroxylation sites is 2. The van der Waals surface area contributed by atoms with Crippen LogP contribution in [0.1, 0.15) is 11.1 Å². The molecule has 0 fully saturated rings. The summed E-state index contributed by atoms with van der Waals surface area (Å²) in [6, 6.07) is 17.9. The Morgan fingerprint density at radius 2 is 1.62 bits per heavy atom. The number of rotatable bonds is 2. The van der Waals surface area contributed by atoms with Crippen molar-refractivity contribution in [2.45, 2.75) is 13.8 Å². The third-order valence-corrected chi connectivity index (χ3v) is 4.66. The highest BCUT2D eigenvalue weighted by Crippen LogP contribution is 2.29. The second kappa shape index (κ2) is 5.52. The maximum Gasteiger partial charge on any atom is 0.199 e. The molecule has 5 nitrogen and oxygen atoms in total. The molecule has 26 heavy (non-hydrogen) atoms. The number of imidazole rings is 1. The Morgan fingerprint density at radius 1 is 0.808 bits per heavy atom. The fourth-order valence-electron chi connectivity index (χ4n) is 3.14. The molecule has 0 aliphatic rings. The van der Waals surface area contributed by atoms with Gasteiger partial charge >= 0.3 is 0 Å². The van der Waals surface area contributed by atoms with Crippen LogP contribution in [0.5, 0.6) is 0 Å². The van der Waals surface area contributed by atoms with Crippen LogP contribution in [-0.2, 0) is 0 Å². The van der Waals surface area contributed by atoms with Gasteiger partial charge in [-0.05, 0) is 61.4 Å². The molecule has 0 spiro atoms. The summed E-state index contributed by atoms with van der Waals surface area (Å²) in [5.74, 6) is 1.38. The van der Waals surface area contributed by atoms with Crippen molar-refractivity contribution in [2.24, 2.45) is 0 Å². The number of furan rings is 1. The molecule has 5 rings (SSSR count). The van der Waals surface area contributed by atoms with Crippen LogP contribution in [-0.4, -0.2) is 19.5 Å². The highest BCUT2D eigenvalue weighted by molar-refractivity contribution is 5.85. The molecule has 0 aliphatic carbocycles. The van der Waals surface area contributed by atoms with E-state index in [1.165, 1.54) is 11.1 Å². The number of hydrogen-bond donors (Lipinski definition) is 0. The first kappa shape index (κ1) is 14.8. The van der Waals surface area contributed by atoms with Crippen LogP contribution in [0.3, 0.4) is 0 Å². The molecule has 0 saturated heterocycles. The Hall–Kier alpha value is -3.47. The van der Waals surface area contributed by atoms with Crippen LogP contribution in [0, 0.1) is 13.8 Å². The fourth-order valence-corrected chi connectivity index (χ4v) is 3.14. The molecule has 2 aromatic carbocycles. The summed E-state index contributed by atoms with van der Waals surface area (Å²) in [5.41, 5.74) is 6.45. The molecule has 0 atom stereocenters. The number of aryl methyl sites for hydroxylation is 2. The molecular formula is C21H16N4O. The molecule has 0 N–H and O–H groups in total. The zero-order valence-corrected chi connectivity index (χ0v) is 14.5. The highest BCUT2D eigenvalue weighted by Gasteiger charge is 2.19. The monoisotopic (exact) mass is 340 g/mol. The molecule has 3 aromatic heterocycles. The summed E-state index contributed by atoms with van der Waals surface area (Å²) in [4.78, 5) is 14.3. The Balaban J connectivity index is 1.89. The molecule has 5 aromatic rings. The molecule has 3 heterocycles. The highest BCUT2D eigenvalue weighted by atomic mass is 16.3. The number of hydrogen-bond acceptors (Lipinski definition) is 4. The van der Waals surface area contributed by atoms with Crippen molar-refractivity contribution in [3.63, 3.8) is 0 Å². The van der Waals surface area contributed by atoms with Crippen molar-refractivity contribution in [1.29, 1.82) is 0 Å². The molecule has 0 unspecified atom stereocenters. The van der Waals surface area contributed by atoms with E-state index >= 15 is 0 Å². The van der Waals surface area contributed by atoms with Crippen LogP contribution in [0.25, 0.3) is 39.6 Å². The van der Waals surface area contributed by atoms with Crippen LogP contribution in [0.15, 0.2) is 65.3 Å². The Kier molecular flexibility index (Phi) is 3.15. The van der Waals surface area contributed by atoms with E-state index in [1.54, 1.807) is 6.26 Å². The van der Waals surface area contributed by atoms with Gasteiger partial charge in [0.2, 0.25) is 0 Å². The molecule has 5 heteroatoms. The van der Waals surface area contributed by atoms with Crippen LogP contribution >= 0.6 is 0 Å². The fraction of sp³-hybridized carbons (Fsp3) is 0.0952. The van der Waals surface area contributed by atoms with Crippen LogP contribution in [0.4, 0.5) is 0 Å². The lowest BCUT2D eigenvalue weighted by molar-refractivity contribution is 0.576. The standard InChI is InChI=1S/C21H16N4O/c1-13-9-10-15(12-14(13)2)25-20(18-8-5-11-26-18)24-19-21(25)23-17-7-4-3-6-16(17)22-19/h3-12H,1-2H3. The Bertz CT molecular complexity index is 1250. The van der Waals surface area contributed by atoms with E-state index in [2.05, 4.69) is 32.0 Å². The average Bonchev–Trinajstić information content (AvgIpc) is 3.29. The number of nitrogens with zero attached hydrogens (tertiary/aromatic N) is 4. The Labute approximate surface area is 150 Å². The van der Waals surface area contributed by atoms with Gasteiger partial charge in [-0.25, -0.2) is 15.0 Å². The molecule has 0 radical (unpaired) electrons. The summed E-state index contributed by atoms with van der Waals surface area (Å²) in [7, 11) is 0. The number of aromatic nitrogens is 4. The zero-order valence-electron chi connectivity index (χ0n) is 14.5. The minimum absolute atomic E-state index is 0.605. The van der Waals surface area contributed by atoms with E-state index in [-0.39, 0.29) is 0 Å². The largest absolute Gasteiger partial charge is 0.461 e. The van der Waals surface area contributed by atoms with E-state index in [4.69, 9.17) is 19.4 Å². The zero-order chi connectivity index (χ0) is 17.7. The number of fused-ring (bicyclic) bond motifs is 2. The van der Waals surface area contributed by atoms with Gasteiger partial charge in [-0.15, -0.1) is 0 Å². The van der Waals surface area contributed by atoms with E-state index in [0.717, 1.165) is 22.4 Å². The molecular weight excluding hydrogens is 324 g/mol. The third kappa shape index (κ3) is 2.21. The SMILES string of the molecule is Cc1ccc(-n2c(-c3ccco3)nc3nc4ccccc4nc32)cc1C. The summed E-state index contributed by atoms with van der Waals surface area (Å²) in [5, 5.41) is 0. The second-order valence-electron chi connectivity index (χ2n) is 6.38. The minimum Gasteiger partial charge on any atom is -0.461 e. The third-order valence-electron chi connectivity index (χ3n) is 4.66. The Morgan fingerprint density at radius 3 is 2.35 bits per heavy atom. The van der Waals surface area contributed by atoms with Gasteiger partial charge in [-0.1, -0.05) is 18.2 Å². The van der Waals surface area contributed by atoms with Crippen LogP contribution in [0.2, 0.25) is 0 Å². The quantitative estimate of drug-likeness (QED) is 0.461. The summed E-state index contributed by atoms with van der Waals surface area (Å²) >= 11 is 0. The summed E-state index contributed by atoms with van der Waals surface area (Å²) < 4.78 is 7.64. The summed E-state index contributed by atoms with van der Waals surface area (Å²) in [6.07, 6.45) is 1.65. The summed E-state index contributed by atoms with van der Waals surface area (Å²) in [6.45, 7) is 4.21. The van der Waals surface area contributed by atoms with Crippen molar-refractivity contribution in [2.75, 3.05) is 0 Å². The lowest BCUT2D eigenvalue weighted by Gasteiger charge is -2.10. The van der Waals surface area contributed by atoms with Gasteiger partial charge in [0, 0.05) is 5.69 Å². The van der Waals surface area contributed by atoms with Gasteiger partial charge in [0.25, 0.3) is 0 Å². The van der Waals surface area contributed by atoms with Crippen molar-refractivity contribution < 1.29 is 4.42 Å². The van der Waals surface area contributed by atoms with Crippen molar-refractivity contribution in [1.82, 2.24) is 19.5 Å². The van der Waals surface area contributed by atoms with Crippen molar-refractivity contribution in [3.05, 3.63) is 72.0 Å². The lowest BCUT2D eigenvalue weighted by atomic mass is 10.1. The molecule has 0 bridgehead atoms.